The number of aliphatic hydroxyl groups excluding tert-OH is 1. The smallest absolute Gasteiger partial charge is 0.251 e. The summed E-state index contributed by atoms with van der Waals surface area (Å²) in [6, 6.07) is 10.4. The van der Waals surface area contributed by atoms with E-state index in [1.807, 2.05) is 19.9 Å². The molecule has 0 radical (unpaired) electrons. The average Bonchev–Trinajstić information content (AvgIpc) is 2.71. The van der Waals surface area contributed by atoms with Gasteiger partial charge >= 0.3 is 0 Å². The van der Waals surface area contributed by atoms with Gasteiger partial charge in [-0.2, -0.15) is 0 Å². The molecule has 7 heteroatoms. The zero-order valence-electron chi connectivity index (χ0n) is 16.5. The number of amides is 2. The molecule has 0 bridgehead atoms. The second-order valence-corrected chi connectivity index (χ2v) is 6.41. The third-order valence-corrected chi connectivity index (χ3v) is 4.47. The molecule has 0 heterocycles. The van der Waals surface area contributed by atoms with Crippen LogP contribution in [-0.2, 0) is 4.79 Å². The van der Waals surface area contributed by atoms with E-state index in [0.717, 1.165) is 11.1 Å². The van der Waals surface area contributed by atoms with Crippen LogP contribution in [0, 0.1) is 13.8 Å². The standard InChI is InChI=1S/C21H26N2O5/c1-13-5-6-15(9-14(13)2)21(26)23-12-20(25)22-11-18(24)17-10-16(27-3)7-8-19(17)28-4/h5-10,18,24H,11-12H2,1-4H3,(H,22,25)(H,23,26). The van der Waals surface area contributed by atoms with Crippen LogP contribution in [0.2, 0.25) is 0 Å². The molecule has 1 atom stereocenters. The number of benzene rings is 2. The Morgan fingerprint density at radius 2 is 1.75 bits per heavy atom. The van der Waals surface area contributed by atoms with Gasteiger partial charge < -0.3 is 25.2 Å². The predicted octanol–water partition coefficient (Wildman–Crippen LogP) is 1.90. The molecule has 0 aromatic heterocycles. The van der Waals surface area contributed by atoms with Crippen molar-refractivity contribution >= 4 is 11.8 Å². The Bertz CT molecular complexity index is 851. The van der Waals surface area contributed by atoms with Gasteiger partial charge in [0.25, 0.3) is 5.91 Å². The molecular weight excluding hydrogens is 360 g/mol. The van der Waals surface area contributed by atoms with Crippen molar-refractivity contribution in [3.8, 4) is 11.5 Å². The van der Waals surface area contributed by atoms with Crippen LogP contribution in [0.25, 0.3) is 0 Å². The van der Waals surface area contributed by atoms with Gasteiger partial charge in [-0.25, -0.2) is 0 Å². The molecular formula is C21H26N2O5. The van der Waals surface area contributed by atoms with Crippen molar-refractivity contribution in [2.45, 2.75) is 20.0 Å². The monoisotopic (exact) mass is 386 g/mol. The number of aryl methyl sites for hydroxylation is 2. The maximum absolute atomic E-state index is 12.2. The lowest BCUT2D eigenvalue weighted by atomic mass is 10.1. The highest BCUT2D eigenvalue weighted by molar-refractivity contribution is 5.96. The first-order valence-electron chi connectivity index (χ1n) is 8.87. The highest BCUT2D eigenvalue weighted by atomic mass is 16.5. The molecule has 150 valence electrons. The minimum absolute atomic E-state index is 0.0259. The van der Waals surface area contributed by atoms with E-state index in [0.29, 0.717) is 22.6 Å². The number of rotatable bonds is 8. The molecule has 2 aromatic carbocycles. The summed E-state index contributed by atoms with van der Waals surface area (Å²) in [5, 5.41) is 15.5. The van der Waals surface area contributed by atoms with Crippen LogP contribution >= 0.6 is 0 Å². The molecule has 2 amide bonds. The van der Waals surface area contributed by atoms with Crippen LogP contribution in [0.4, 0.5) is 0 Å². The normalized spacial score (nSPS) is 11.5. The second-order valence-electron chi connectivity index (χ2n) is 6.41. The van der Waals surface area contributed by atoms with E-state index in [9.17, 15) is 14.7 Å². The van der Waals surface area contributed by atoms with Crippen molar-refractivity contribution < 1.29 is 24.2 Å². The summed E-state index contributed by atoms with van der Waals surface area (Å²) in [7, 11) is 3.02. The Hall–Kier alpha value is -3.06. The molecule has 2 aromatic rings. The van der Waals surface area contributed by atoms with Gasteiger partial charge in [-0.15, -0.1) is 0 Å². The Kier molecular flexibility index (Phi) is 7.40. The number of hydrogen-bond acceptors (Lipinski definition) is 5. The van der Waals surface area contributed by atoms with E-state index >= 15 is 0 Å². The average molecular weight is 386 g/mol. The molecule has 1 unspecified atom stereocenters. The third-order valence-electron chi connectivity index (χ3n) is 4.47. The van der Waals surface area contributed by atoms with Crippen LogP contribution in [0.3, 0.4) is 0 Å². The first-order valence-corrected chi connectivity index (χ1v) is 8.87. The predicted molar refractivity (Wildman–Crippen MR) is 106 cm³/mol. The lowest BCUT2D eigenvalue weighted by Gasteiger charge is -2.16. The van der Waals surface area contributed by atoms with E-state index in [2.05, 4.69) is 10.6 Å². The summed E-state index contributed by atoms with van der Waals surface area (Å²) in [6.45, 7) is 3.68. The summed E-state index contributed by atoms with van der Waals surface area (Å²) in [5.41, 5.74) is 3.10. The fourth-order valence-electron chi connectivity index (χ4n) is 2.63. The van der Waals surface area contributed by atoms with Crippen molar-refractivity contribution in [2.75, 3.05) is 27.3 Å². The molecule has 0 spiro atoms. The molecule has 0 saturated heterocycles. The summed E-state index contributed by atoms with van der Waals surface area (Å²) in [6.07, 6.45) is -0.982. The third kappa shape index (κ3) is 5.47. The zero-order chi connectivity index (χ0) is 20.7. The molecule has 0 saturated carbocycles. The number of nitrogens with one attached hydrogen (secondary N) is 2. The van der Waals surface area contributed by atoms with Crippen molar-refractivity contribution in [1.29, 1.82) is 0 Å². The van der Waals surface area contributed by atoms with E-state index in [1.165, 1.54) is 14.2 Å². The summed E-state index contributed by atoms with van der Waals surface area (Å²) in [4.78, 5) is 24.2. The number of methoxy groups -OCH3 is 2. The van der Waals surface area contributed by atoms with Crippen molar-refractivity contribution in [1.82, 2.24) is 10.6 Å². The Labute approximate surface area is 164 Å². The molecule has 0 fully saturated rings. The van der Waals surface area contributed by atoms with E-state index in [4.69, 9.17) is 9.47 Å². The highest BCUT2D eigenvalue weighted by Gasteiger charge is 2.16. The first kappa shape index (κ1) is 21.2. The van der Waals surface area contributed by atoms with Crippen LogP contribution in [-0.4, -0.2) is 44.2 Å². The lowest BCUT2D eigenvalue weighted by Crippen LogP contribution is -2.38. The molecule has 2 rings (SSSR count). The van der Waals surface area contributed by atoms with Crippen LogP contribution in [0.1, 0.15) is 33.2 Å². The number of carbonyl (C=O) groups excluding carboxylic acids is 2. The topological polar surface area (TPSA) is 96.9 Å². The quantitative estimate of drug-likeness (QED) is 0.644. The van der Waals surface area contributed by atoms with Gasteiger partial charge in [0.05, 0.1) is 26.9 Å². The Morgan fingerprint density at radius 3 is 2.39 bits per heavy atom. The molecule has 0 aliphatic rings. The van der Waals surface area contributed by atoms with Crippen LogP contribution < -0.4 is 20.1 Å². The number of carbonyl (C=O) groups is 2. The molecule has 28 heavy (non-hydrogen) atoms. The first-order chi connectivity index (χ1) is 13.3. The fraction of sp³-hybridized carbons (Fsp3) is 0.333. The minimum atomic E-state index is -0.982. The van der Waals surface area contributed by atoms with Gasteiger partial charge in [0, 0.05) is 17.7 Å². The van der Waals surface area contributed by atoms with Gasteiger partial charge in [0.1, 0.15) is 11.5 Å². The highest BCUT2D eigenvalue weighted by Crippen LogP contribution is 2.29. The maximum Gasteiger partial charge on any atom is 0.251 e. The van der Waals surface area contributed by atoms with Crippen molar-refractivity contribution in [2.24, 2.45) is 0 Å². The van der Waals surface area contributed by atoms with E-state index < -0.39 is 12.0 Å². The van der Waals surface area contributed by atoms with E-state index in [-0.39, 0.29) is 19.0 Å². The largest absolute Gasteiger partial charge is 0.497 e. The summed E-state index contributed by atoms with van der Waals surface area (Å²) < 4.78 is 10.4. The SMILES string of the molecule is COc1ccc(OC)c(C(O)CNC(=O)CNC(=O)c2ccc(C)c(C)c2)c1. The summed E-state index contributed by atoms with van der Waals surface area (Å²) in [5.74, 6) is 0.332. The zero-order valence-corrected chi connectivity index (χ0v) is 16.5. The van der Waals surface area contributed by atoms with Gasteiger partial charge in [0.2, 0.25) is 5.91 Å². The maximum atomic E-state index is 12.2. The number of ether oxygens (including phenoxy) is 2. The van der Waals surface area contributed by atoms with Crippen LogP contribution in [0.15, 0.2) is 36.4 Å². The number of aliphatic hydroxyl groups is 1. The minimum Gasteiger partial charge on any atom is -0.497 e. The Balaban J connectivity index is 1.88. The van der Waals surface area contributed by atoms with Crippen molar-refractivity contribution in [3.05, 3.63) is 58.7 Å². The van der Waals surface area contributed by atoms with Gasteiger partial charge in [-0.3, -0.25) is 9.59 Å². The van der Waals surface area contributed by atoms with Crippen LogP contribution in [0.5, 0.6) is 11.5 Å². The Morgan fingerprint density at radius 1 is 1.00 bits per heavy atom. The molecule has 7 nitrogen and oxygen atoms in total. The van der Waals surface area contributed by atoms with Gasteiger partial charge in [-0.05, 0) is 55.3 Å². The summed E-state index contributed by atoms with van der Waals surface area (Å²) >= 11 is 0. The van der Waals surface area contributed by atoms with Gasteiger partial charge in [0.15, 0.2) is 0 Å². The number of hydrogen-bond donors (Lipinski definition) is 3. The van der Waals surface area contributed by atoms with Crippen molar-refractivity contribution in [3.63, 3.8) is 0 Å². The molecule has 0 aliphatic heterocycles. The molecule has 0 aliphatic carbocycles. The second kappa shape index (κ2) is 9.75. The lowest BCUT2D eigenvalue weighted by molar-refractivity contribution is -0.120. The van der Waals surface area contributed by atoms with E-state index in [1.54, 1.807) is 30.3 Å². The fourth-order valence-corrected chi connectivity index (χ4v) is 2.63. The van der Waals surface area contributed by atoms with Gasteiger partial charge in [-0.1, -0.05) is 6.07 Å². The molecule has 3 N–H and O–H groups in total.